The predicted octanol–water partition coefficient (Wildman–Crippen LogP) is 2.84. The van der Waals surface area contributed by atoms with Gasteiger partial charge in [-0.2, -0.15) is 0 Å². The first kappa shape index (κ1) is 10.3. The summed E-state index contributed by atoms with van der Waals surface area (Å²) >= 11 is 0. The number of halogens is 1. The summed E-state index contributed by atoms with van der Waals surface area (Å²) in [4.78, 5) is 0. The van der Waals surface area contributed by atoms with Gasteiger partial charge in [0.05, 0.1) is 0 Å². The molecular weight excluding hydrogens is 201 g/mol. The molecule has 1 spiro atoms. The highest BCUT2D eigenvalue weighted by atomic mass is 19.1. The van der Waals surface area contributed by atoms with Crippen LogP contribution in [0, 0.1) is 5.82 Å². The number of benzene rings is 1. The maximum Gasteiger partial charge on any atom is 0.133 e. The summed E-state index contributed by atoms with van der Waals surface area (Å²) in [5, 5.41) is 2.43. The zero-order valence-corrected chi connectivity index (χ0v) is 9.80. The van der Waals surface area contributed by atoms with E-state index in [0.29, 0.717) is 11.5 Å². The Balaban J connectivity index is 1.99. The topological polar surface area (TPSA) is 16.6 Å². The van der Waals surface area contributed by atoms with Gasteiger partial charge in [-0.15, -0.1) is 0 Å². The fourth-order valence-electron chi connectivity index (χ4n) is 3.64. The van der Waals surface area contributed by atoms with Gasteiger partial charge in [-0.3, -0.25) is 0 Å². The van der Waals surface area contributed by atoms with E-state index in [1.54, 1.807) is 12.1 Å². The largest absolute Gasteiger partial charge is 0.309 e. The minimum atomic E-state index is -0.0960. The van der Waals surface area contributed by atoms with Crippen LogP contribution in [0.4, 0.5) is 10.1 Å². The zero-order valence-electron chi connectivity index (χ0n) is 9.80. The maximum absolute atomic E-state index is 13.2. The molecule has 0 aromatic heterocycles. The second-order valence-corrected chi connectivity index (χ2v) is 5.59. The molecule has 1 unspecified atom stereocenters. The fraction of sp³-hybridized carbons (Fsp3) is 0.571. The van der Waals surface area contributed by atoms with Gasteiger partial charge in [0.15, 0.2) is 0 Å². The third kappa shape index (κ3) is 1.56. The number of quaternary nitrogens is 1. The zero-order chi connectivity index (χ0) is 11.2. The van der Waals surface area contributed by atoms with Crippen molar-refractivity contribution in [2.75, 3.05) is 0 Å². The molecule has 2 N–H and O–H groups in total. The molecule has 86 valence electrons. The predicted molar refractivity (Wildman–Crippen MR) is 62.2 cm³/mol. The van der Waals surface area contributed by atoms with Gasteiger partial charge in [-0.1, -0.05) is 6.92 Å². The van der Waals surface area contributed by atoms with Gasteiger partial charge in [-0.05, 0) is 30.9 Å². The second kappa shape index (κ2) is 3.56. The first-order chi connectivity index (χ1) is 7.69. The van der Waals surface area contributed by atoms with Crippen LogP contribution in [-0.4, -0.2) is 5.54 Å². The summed E-state index contributed by atoms with van der Waals surface area (Å²) < 4.78 is 13.2. The van der Waals surface area contributed by atoms with E-state index >= 15 is 0 Å². The quantitative estimate of drug-likeness (QED) is 0.647. The van der Waals surface area contributed by atoms with Gasteiger partial charge < -0.3 is 5.32 Å². The van der Waals surface area contributed by atoms with E-state index < -0.39 is 0 Å². The Morgan fingerprint density at radius 3 is 2.81 bits per heavy atom. The van der Waals surface area contributed by atoms with Crippen LogP contribution in [-0.2, 0) is 0 Å². The molecule has 1 aliphatic carbocycles. The van der Waals surface area contributed by atoms with Gasteiger partial charge >= 0.3 is 0 Å². The number of hydrogen-bond acceptors (Lipinski definition) is 0. The van der Waals surface area contributed by atoms with Crippen LogP contribution in [0.5, 0.6) is 0 Å². The van der Waals surface area contributed by atoms with E-state index in [1.807, 2.05) is 6.07 Å². The van der Waals surface area contributed by atoms with Gasteiger partial charge in [0.2, 0.25) is 0 Å². The molecule has 1 saturated carbocycles. The van der Waals surface area contributed by atoms with Crippen LogP contribution in [0.1, 0.15) is 50.5 Å². The monoisotopic (exact) mass is 220 g/mol. The fourth-order valence-corrected chi connectivity index (χ4v) is 3.64. The summed E-state index contributed by atoms with van der Waals surface area (Å²) in [5.41, 5.74) is 2.92. The van der Waals surface area contributed by atoms with Crippen molar-refractivity contribution >= 4 is 5.69 Å². The highest BCUT2D eigenvalue weighted by molar-refractivity contribution is 5.43. The van der Waals surface area contributed by atoms with Crippen molar-refractivity contribution in [3.8, 4) is 0 Å². The highest BCUT2D eigenvalue weighted by Crippen LogP contribution is 2.40. The van der Waals surface area contributed by atoms with Crippen molar-refractivity contribution < 1.29 is 9.71 Å². The number of hydrogen-bond donors (Lipinski definition) is 1. The molecule has 2 heteroatoms. The van der Waals surface area contributed by atoms with Gasteiger partial charge in [-0.25, -0.2) is 4.39 Å². The summed E-state index contributed by atoms with van der Waals surface area (Å²) in [7, 11) is 0. The van der Waals surface area contributed by atoms with Crippen LogP contribution >= 0.6 is 0 Å². The van der Waals surface area contributed by atoms with E-state index in [4.69, 9.17) is 0 Å². The second-order valence-electron chi connectivity index (χ2n) is 5.59. The molecule has 0 radical (unpaired) electrons. The van der Waals surface area contributed by atoms with E-state index in [2.05, 4.69) is 12.2 Å². The molecule has 1 aromatic rings. The van der Waals surface area contributed by atoms with Crippen LogP contribution in [0.15, 0.2) is 18.2 Å². The van der Waals surface area contributed by atoms with E-state index in [0.717, 1.165) is 0 Å². The Hall–Kier alpha value is -0.890. The minimum absolute atomic E-state index is 0.0960. The SMILES string of the molecule is CC1CC2(CCCC2)[NH2+]c2ccc(F)cc21. The molecule has 1 atom stereocenters. The number of fused-ring (bicyclic) bond motifs is 1. The molecule has 0 amide bonds. The molecule has 0 saturated heterocycles. The summed E-state index contributed by atoms with van der Waals surface area (Å²) in [6.45, 7) is 2.24. The molecule has 1 heterocycles. The maximum atomic E-state index is 13.2. The van der Waals surface area contributed by atoms with Gasteiger partial charge in [0, 0.05) is 30.9 Å². The smallest absolute Gasteiger partial charge is 0.133 e. The molecule has 16 heavy (non-hydrogen) atoms. The number of rotatable bonds is 0. The molecule has 1 aliphatic heterocycles. The standard InChI is InChI=1S/C14H18FN/c1-10-9-14(6-2-3-7-14)16-13-5-4-11(15)8-12(10)13/h4-5,8,10,16H,2-3,6-7,9H2,1H3/p+1. The third-order valence-electron chi connectivity index (χ3n) is 4.35. The Labute approximate surface area is 96.1 Å². The first-order valence-corrected chi connectivity index (χ1v) is 6.34. The van der Waals surface area contributed by atoms with E-state index in [9.17, 15) is 4.39 Å². The molecule has 0 bridgehead atoms. The number of nitrogens with two attached hydrogens (primary N) is 1. The van der Waals surface area contributed by atoms with Gasteiger partial charge in [0.1, 0.15) is 17.0 Å². The molecular formula is C14H19FN+. The lowest BCUT2D eigenvalue weighted by Gasteiger charge is -2.35. The van der Waals surface area contributed by atoms with Crippen LogP contribution < -0.4 is 5.32 Å². The molecule has 3 rings (SSSR count). The minimum Gasteiger partial charge on any atom is -0.309 e. The average molecular weight is 220 g/mol. The molecule has 1 nitrogen and oxygen atoms in total. The Kier molecular flexibility index (Phi) is 2.28. The summed E-state index contributed by atoms with van der Waals surface area (Å²) in [6, 6.07) is 5.27. The van der Waals surface area contributed by atoms with Crippen molar-refractivity contribution in [1.82, 2.24) is 0 Å². The highest BCUT2D eigenvalue weighted by Gasteiger charge is 2.43. The lowest BCUT2D eigenvalue weighted by atomic mass is 9.79. The van der Waals surface area contributed by atoms with E-state index in [-0.39, 0.29) is 5.82 Å². The van der Waals surface area contributed by atoms with Crippen molar-refractivity contribution in [2.45, 2.75) is 50.5 Å². The van der Waals surface area contributed by atoms with Crippen LogP contribution in [0.25, 0.3) is 0 Å². The molecule has 2 aliphatic rings. The van der Waals surface area contributed by atoms with Crippen molar-refractivity contribution in [2.24, 2.45) is 0 Å². The third-order valence-corrected chi connectivity index (χ3v) is 4.35. The molecule has 1 aromatic carbocycles. The van der Waals surface area contributed by atoms with Crippen LogP contribution in [0.3, 0.4) is 0 Å². The molecule has 1 fully saturated rings. The van der Waals surface area contributed by atoms with Crippen LogP contribution in [0.2, 0.25) is 0 Å². The van der Waals surface area contributed by atoms with Crippen molar-refractivity contribution in [1.29, 1.82) is 0 Å². The van der Waals surface area contributed by atoms with E-state index in [1.165, 1.54) is 43.4 Å². The van der Waals surface area contributed by atoms with Gasteiger partial charge in [0.25, 0.3) is 0 Å². The van der Waals surface area contributed by atoms with Crippen molar-refractivity contribution in [3.05, 3.63) is 29.6 Å². The summed E-state index contributed by atoms with van der Waals surface area (Å²) in [5.74, 6) is 0.412. The Bertz CT molecular complexity index is 407. The normalized spacial score (nSPS) is 27.0. The Morgan fingerprint density at radius 1 is 1.31 bits per heavy atom. The lowest BCUT2D eigenvalue weighted by Crippen LogP contribution is -2.93. The van der Waals surface area contributed by atoms with Crippen molar-refractivity contribution in [3.63, 3.8) is 0 Å². The average Bonchev–Trinajstić information content (AvgIpc) is 2.68. The first-order valence-electron chi connectivity index (χ1n) is 6.34. The summed E-state index contributed by atoms with van der Waals surface area (Å²) in [6.07, 6.45) is 6.59. The lowest BCUT2D eigenvalue weighted by molar-refractivity contribution is -0.659. The Morgan fingerprint density at radius 2 is 2.06 bits per heavy atom.